The summed E-state index contributed by atoms with van der Waals surface area (Å²) in [5.74, 6) is -0.549. The lowest BCUT2D eigenvalue weighted by Gasteiger charge is -2.31. The van der Waals surface area contributed by atoms with Gasteiger partial charge in [0.1, 0.15) is 0 Å². The Morgan fingerprint density at radius 2 is 1.97 bits per heavy atom. The molecular weight excluding hydrogens is 468 g/mol. The highest BCUT2D eigenvalue weighted by atomic mass is 79.9. The molecule has 0 saturated carbocycles. The summed E-state index contributed by atoms with van der Waals surface area (Å²) in [6, 6.07) is 14.1. The van der Waals surface area contributed by atoms with Crippen molar-refractivity contribution in [1.29, 1.82) is 0 Å². The molecule has 2 aromatic rings. The van der Waals surface area contributed by atoms with Gasteiger partial charge in [0.15, 0.2) is 0 Å². The molecule has 1 atom stereocenters. The van der Waals surface area contributed by atoms with Crippen LogP contribution in [0.2, 0.25) is 0 Å². The summed E-state index contributed by atoms with van der Waals surface area (Å²) >= 11 is 3.32. The van der Waals surface area contributed by atoms with Gasteiger partial charge in [-0.05, 0) is 68.7 Å². The Morgan fingerprint density at radius 1 is 1.23 bits per heavy atom. The van der Waals surface area contributed by atoms with Crippen LogP contribution in [0.5, 0.6) is 0 Å². The van der Waals surface area contributed by atoms with Crippen LogP contribution in [0.1, 0.15) is 32.3 Å². The van der Waals surface area contributed by atoms with Crippen LogP contribution in [-0.4, -0.2) is 37.8 Å². The number of halogens is 1. The predicted octanol–water partition coefficient (Wildman–Crippen LogP) is 4.41. The fourth-order valence-corrected chi connectivity index (χ4v) is 5.16. The predicted molar refractivity (Wildman–Crippen MR) is 121 cm³/mol. The van der Waals surface area contributed by atoms with E-state index in [1.54, 1.807) is 24.3 Å². The summed E-state index contributed by atoms with van der Waals surface area (Å²) in [7, 11) is -3.62. The largest absolute Gasteiger partial charge is 0.374 e. The highest BCUT2D eigenvalue weighted by Gasteiger charge is 2.33. The Hall–Kier alpha value is -1.74. The lowest BCUT2D eigenvalue weighted by Crippen LogP contribution is -2.43. The van der Waals surface area contributed by atoms with Gasteiger partial charge in [0.25, 0.3) is 0 Å². The molecule has 1 fully saturated rings. The van der Waals surface area contributed by atoms with Crippen molar-refractivity contribution in [2.24, 2.45) is 5.92 Å². The number of nitrogens with one attached hydrogen (secondary N) is 1. The van der Waals surface area contributed by atoms with Gasteiger partial charge < -0.3 is 10.1 Å². The molecule has 3 rings (SSSR count). The molecule has 1 unspecified atom stereocenters. The molecule has 1 aliphatic heterocycles. The average molecular weight is 495 g/mol. The van der Waals surface area contributed by atoms with Crippen LogP contribution in [0.15, 0.2) is 57.9 Å². The number of hydrogen-bond acceptors (Lipinski definition) is 4. The Kier molecular flexibility index (Phi) is 7.68. The van der Waals surface area contributed by atoms with E-state index in [0.717, 1.165) is 10.0 Å². The average Bonchev–Trinajstić information content (AvgIpc) is 2.73. The van der Waals surface area contributed by atoms with Gasteiger partial charge in [-0.25, -0.2) is 8.42 Å². The van der Waals surface area contributed by atoms with Crippen molar-refractivity contribution in [3.63, 3.8) is 0 Å². The molecule has 0 bridgehead atoms. The van der Waals surface area contributed by atoms with E-state index in [4.69, 9.17) is 4.74 Å². The van der Waals surface area contributed by atoms with Gasteiger partial charge in [0, 0.05) is 23.2 Å². The van der Waals surface area contributed by atoms with Gasteiger partial charge in [-0.2, -0.15) is 4.31 Å². The SMILES string of the molecule is CC(C)OCc1cccc(NC(=O)C2CCCN(S(=O)(=O)c3ccc(Br)cc3)C2)c1. The Balaban J connectivity index is 1.66. The Morgan fingerprint density at radius 3 is 2.67 bits per heavy atom. The zero-order valence-corrected chi connectivity index (χ0v) is 19.6. The van der Waals surface area contributed by atoms with Gasteiger partial charge in [0.05, 0.1) is 23.5 Å². The summed E-state index contributed by atoms with van der Waals surface area (Å²) in [6.45, 7) is 5.03. The van der Waals surface area contributed by atoms with Crippen molar-refractivity contribution < 1.29 is 17.9 Å². The minimum Gasteiger partial charge on any atom is -0.374 e. The number of ether oxygens (including phenoxy) is 1. The lowest BCUT2D eigenvalue weighted by atomic mass is 9.98. The number of nitrogens with zero attached hydrogens (tertiary/aromatic N) is 1. The summed E-state index contributed by atoms with van der Waals surface area (Å²) in [5.41, 5.74) is 1.67. The topological polar surface area (TPSA) is 75.7 Å². The van der Waals surface area contributed by atoms with Crippen LogP contribution < -0.4 is 5.32 Å². The fraction of sp³-hybridized carbons (Fsp3) is 0.409. The van der Waals surface area contributed by atoms with Gasteiger partial charge in [-0.1, -0.05) is 28.1 Å². The summed E-state index contributed by atoms with van der Waals surface area (Å²) in [5, 5.41) is 2.94. The molecular formula is C22H27BrN2O4S. The number of anilines is 1. The first kappa shape index (κ1) is 22.9. The van der Waals surface area contributed by atoms with E-state index >= 15 is 0 Å². The van der Waals surface area contributed by atoms with Crippen molar-refractivity contribution >= 4 is 37.5 Å². The maximum Gasteiger partial charge on any atom is 0.243 e. The molecule has 1 amide bonds. The molecule has 8 heteroatoms. The second-order valence-corrected chi connectivity index (χ2v) is 10.6. The molecule has 162 valence electrons. The van der Waals surface area contributed by atoms with Crippen LogP contribution in [0, 0.1) is 5.92 Å². The number of amides is 1. The zero-order chi connectivity index (χ0) is 21.7. The first-order valence-corrected chi connectivity index (χ1v) is 12.3. The quantitative estimate of drug-likeness (QED) is 0.618. The molecule has 1 heterocycles. The van der Waals surface area contributed by atoms with Crippen molar-refractivity contribution in [2.75, 3.05) is 18.4 Å². The van der Waals surface area contributed by atoms with Gasteiger partial charge in [-0.3, -0.25) is 4.79 Å². The standard InChI is InChI=1S/C22H27BrN2O4S/c1-16(2)29-15-17-5-3-7-20(13-17)24-22(26)18-6-4-12-25(14-18)30(27,28)21-10-8-19(23)9-11-21/h3,5,7-11,13,16,18H,4,6,12,14-15H2,1-2H3,(H,24,26). The smallest absolute Gasteiger partial charge is 0.243 e. The summed E-state index contributed by atoms with van der Waals surface area (Å²) < 4.78 is 33.8. The first-order chi connectivity index (χ1) is 14.3. The lowest BCUT2D eigenvalue weighted by molar-refractivity contribution is -0.120. The monoisotopic (exact) mass is 494 g/mol. The van der Waals surface area contributed by atoms with Gasteiger partial charge in [-0.15, -0.1) is 0 Å². The molecule has 1 aliphatic rings. The van der Waals surface area contributed by atoms with Crippen molar-refractivity contribution in [3.8, 4) is 0 Å². The highest BCUT2D eigenvalue weighted by Crippen LogP contribution is 2.26. The second-order valence-electron chi connectivity index (χ2n) is 7.71. The van der Waals surface area contributed by atoms with Crippen molar-refractivity contribution in [2.45, 2.75) is 44.3 Å². The van der Waals surface area contributed by atoms with E-state index in [-0.39, 0.29) is 29.4 Å². The van der Waals surface area contributed by atoms with Crippen molar-refractivity contribution in [1.82, 2.24) is 4.31 Å². The van der Waals surface area contributed by atoms with E-state index in [1.807, 2.05) is 38.1 Å². The summed E-state index contributed by atoms with van der Waals surface area (Å²) in [4.78, 5) is 13.1. The molecule has 1 N–H and O–H groups in total. The normalized spacial score (nSPS) is 17.8. The van der Waals surface area contributed by atoms with Crippen LogP contribution in [-0.2, 0) is 26.2 Å². The van der Waals surface area contributed by atoms with Gasteiger partial charge in [0.2, 0.25) is 15.9 Å². The molecule has 0 aliphatic carbocycles. The fourth-order valence-electron chi connectivity index (χ4n) is 3.38. The number of hydrogen-bond donors (Lipinski definition) is 1. The minimum atomic E-state index is -3.62. The molecule has 0 spiro atoms. The molecule has 1 saturated heterocycles. The van der Waals surface area contributed by atoms with Crippen molar-refractivity contribution in [3.05, 3.63) is 58.6 Å². The van der Waals surface area contributed by atoms with E-state index in [9.17, 15) is 13.2 Å². The maximum atomic E-state index is 13.0. The van der Waals surface area contributed by atoms with Gasteiger partial charge >= 0.3 is 0 Å². The second kappa shape index (κ2) is 10.0. The third-order valence-corrected chi connectivity index (χ3v) is 7.39. The Bertz CT molecular complexity index is 977. The minimum absolute atomic E-state index is 0.129. The number of benzene rings is 2. The number of carbonyl (C=O) groups is 1. The first-order valence-electron chi connectivity index (χ1n) is 10.0. The molecule has 2 aromatic carbocycles. The van der Waals surface area contributed by atoms with E-state index in [2.05, 4.69) is 21.2 Å². The number of piperidine rings is 1. The maximum absolute atomic E-state index is 13.0. The highest BCUT2D eigenvalue weighted by molar-refractivity contribution is 9.10. The number of rotatable bonds is 7. The van der Waals surface area contributed by atoms with Crippen LogP contribution in [0.25, 0.3) is 0 Å². The Labute approximate surface area is 186 Å². The molecule has 0 aromatic heterocycles. The van der Waals surface area contributed by atoms with Crippen LogP contribution >= 0.6 is 15.9 Å². The number of carbonyl (C=O) groups excluding carboxylic acids is 1. The molecule has 6 nitrogen and oxygen atoms in total. The van der Waals surface area contributed by atoms with Crippen LogP contribution in [0.3, 0.4) is 0 Å². The zero-order valence-electron chi connectivity index (χ0n) is 17.2. The van der Waals surface area contributed by atoms with E-state index in [1.165, 1.54) is 4.31 Å². The van der Waals surface area contributed by atoms with E-state index < -0.39 is 10.0 Å². The third-order valence-electron chi connectivity index (χ3n) is 4.98. The molecule has 30 heavy (non-hydrogen) atoms. The molecule has 0 radical (unpaired) electrons. The van der Waals surface area contributed by atoms with Crippen LogP contribution in [0.4, 0.5) is 5.69 Å². The van der Waals surface area contributed by atoms with E-state index in [0.29, 0.717) is 31.7 Å². The number of sulfonamides is 1. The summed E-state index contributed by atoms with van der Waals surface area (Å²) in [6.07, 6.45) is 1.44. The third kappa shape index (κ3) is 5.91.